The van der Waals surface area contributed by atoms with Gasteiger partial charge >= 0.3 is 0 Å². The summed E-state index contributed by atoms with van der Waals surface area (Å²) in [7, 11) is -2.20. The van der Waals surface area contributed by atoms with Gasteiger partial charge in [-0.25, -0.2) is 8.42 Å². The van der Waals surface area contributed by atoms with Gasteiger partial charge in [-0.15, -0.1) is 6.42 Å². The first-order valence-electron chi connectivity index (χ1n) is 7.90. The van der Waals surface area contributed by atoms with Crippen LogP contribution in [-0.4, -0.2) is 45.4 Å². The molecule has 1 N–H and O–H groups in total. The van der Waals surface area contributed by atoms with Gasteiger partial charge < -0.3 is 10.1 Å². The highest BCUT2D eigenvalue weighted by Gasteiger charge is 2.27. The van der Waals surface area contributed by atoms with Crippen molar-refractivity contribution in [3.8, 4) is 18.1 Å². The Kier molecular flexibility index (Phi) is 6.23. The molecule has 0 aliphatic carbocycles. The minimum absolute atomic E-state index is 0.0606. The fourth-order valence-electron chi connectivity index (χ4n) is 2.68. The van der Waals surface area contributed by atoms with Crippen LogP contribution in [0, 0.1) is 12.3 Å². The Morgan fingerprint density at radius 1 is 1.29 bits per heavy atom. The van der Waals surface area contributed by atoms with Crippen LogP contribution in [0.2, 0.25) is 0 Å². The smallest absolute Gasteiger partial charge is 0.255 e. The van der Waals surface area contributed by atoms with Gasteiger partial charge in [-0.3, -0.25) is 4.79 Å². The summed E-state index contributed by atoms with van der Waals surface area (Å²) in [5, 5.41) is 2.53. The third-order valence-electron chi connectivity index (χ3n) is 3.97. The molecule has 1 fully saturated rings. The van der Waals surface area contributed by atoms with Gasteiger partial charge in [0.2, 0.25) is 10.0 Å². The van der Waals surface area contributed by atoms with Gasteiger partial charge in [0.15, 0.2) is 0 Å². The molecule has 1 saturated heterocycles. The van der Waals surface area contributed by atoms with Crippen molar-refractivity contribution in [3.05, 3.63) is 23.8 Å². The van der Waals surface area contributed by atoms with Crippen LogP contribution in [0.3, 0.4) is 0 Å². The lowest BCUT2D eigenvalue weighted by molar-refractivity contribution is 0.0955. The lowest BCUT2D eigenvalue weighted by atomic mass is 10.2. The maximum atomic E-state index is 12.8. The van der Waals surface area contributed by atoms with Crippen LogP contribution in [0.1, 0.15) is 36.0 Å². The van der Waals surface area contributed by atoms with Gasteiger partial charge in [0.05, 0.1) is 24.1 Å². The zero-order valence-electron chi connectivity index (χ0n) is 13.7. The van der Waals surface area contributed by atoms with E-state index in [-0.39, 0.29) is 17.0 Å². The number of ether oxygens (including phenoxy) is 1. The molecule has 130 valence electrons. The summed E-state index contributed by atoms with van der Waals surface area (Å²) in [5.74, 6) is 2.15. The highest BCUT2D eigenvalue weighted by atomic mass is 32.2. The number of amides is 1. The second kappa shape index (κ2) is 8.18. The minimum atomic E-state index is -3.63. The van der Waals surface area contributed by atoms with Gasteiger partial charge in [0.25, 0.3) is 5.91 Å². The van der Waals surface area contributed by atoms with Crippen molar-refractivity contribution >= 4 is 15.9 Å². The largest absolute Gasteiger partial charge is 0.496 e. The first kappa shape index (κ1) is 18.3. The molecule has 0 radical (unpaired) electrons. The molecule has 2 rings (SSSR count). The standard InChI is InChI=1S/C17H22N2O4S/c1-3-10-18-17(20)15-13-14(8-9-16(15)23-2)24(21,22)19-11-6-4-5-7-12-19/h1,8-9,13H,4-7,10-12H2,2H3,(H,18,20). The van der Waals surface area contributed by atoms with Crippen LogP contribution in [0.15, 0.2) is 23.1 Å². The number of carbonyl (C=O) groups excluding carboxylic acids is 1. The Balaban J connectivity index is 2.36. The van der Waals surface area contributed by atoms with Crippen molar-refractivity contribution in [2.24, 2.45) is 0 Å². The van der Waals surface area contributed by atoms with E-state index in [1.807, 2.05) is 0 Å². The minimum Gasteiger partial charge on any atom is -0.496 e. The van der Waals surface area contributed by atoms with Crippen molar-refractivity contribution in [2.45, 2.75) is 30.6 Å². The quantitative estimate of drug-likeness (QED) is 0.819. The van der Waals surface area contributed by atoms with Crippen LogP contribution < -0.4 is 10.1 Å². The number of rotatable bonds is 5. The van der Waals surface area contributed by atoms with E-state index in [4.69, 9.17) is 11.2 Å². The van der Waals surface area contributed by atoms with Crippen LogP contribution >= 0.6 is 0 Å². The Bertz CT molecular complexity index is 729. The zero-order valence-corrected chi connectivity index (χ0v) is 14.6. The van der Waals surface area contributed by atoms with Crippen LogP contribution in [0.5, 0.6) is 5.75 Å². The molecule has 7 heteroatoms. The van der Waals surface area contributed by atoms with E-state index in [2.05, 4.69) is 11.2 Å². The summed E-state index contributed by atoms with van der Waals surface area (Å²) in [5.41, 5.74) is 0.156. The Labute approximate surface area is 143 Å². The van der Waals surface area contributed by atoms with Crippen LogP contribution in [0.4, 0.5) is 0 Å². The lowest BCUT2D eigenvalue weighted by Crippen LogP contribution is -2.32. The molecule has 0 unspecified atom stereocenters. The van der Waals surface area contributed by atoms with E-state index >= 15 is 0 Å². The molecule has 0 saturated carbocycles. The van der Waals surface area contributed by atoms with Gasteiger partial charge in [-0.1, -0.05) is 18.8 Å². The molecule has 0 aromatic heterocycles. The molecule has 1 heterocycles. The second-order valence-corrected chi connectivity index (χ2v) is 7.51. The summed E-state index contributed by atoms with van der Waals surface area (Å²) in [6.07, 6.45) is 8.91. The van der Waals surface area contributed by atoms with E-state index in [9.17, 15) is 13.2 Å². The molecule has 24 heavy (non-hydrogen) atoms. The maximum absolute atomic E-state index is 12.8. The van der Waals surface area contributed by atoms with Crippen LogP contribution in [-0.2, 0) is 10.0 Å². The topological polar surface area (TPSA) is 75.7 Å². The number of terminal acetylenes is 1. The summed E-state index contributed by atoms with van der Waals surface area (Å²) < 4.78 is 32.3. The molecular formula is C17H22N2O4S. The predicted octanol–water partition coefficient (Wildman–Crippen LogP) is 1.62. The zero-order chi connectivity index (χ0) is 17.6. The molecule has 0 spiro atoms. The molecule has 1 aromatic rings. The van der Waals surface area contributed by atoms with E-state index in [0.29, 0.717) is 18.8 Å². The second-order valence-electron chi connectivity index (χ2n) is 5.57. The normalized spacial score (nSPS) is 16.0. The fraction of sp³-hybridized carbons (Fsp3) is 0.471. The van der Waals surface area contributed by atoms with E-state index < -0.39 is 15.9 Å². The molecule has 1 aliphatic heterocycles. The summed E-state index contributed by atoms with van der Waals surface area (Å²) in [4.78, 5) is 12.3. The summed E-state index contributed by atoms with van der Waals surface area (Å²) in [6, 6.07) is 4.32. The molecular weight excluding hydrogens is 328 g/mol. The highest BCUT2D eigenvalue weighted by Crippen LogP contribution is 2.26. The SMILES string of the molecule is C#CCNC(=O)c1cc(S(=O)(=O)N2CCCCCC2)ccc1OC. The molecule has 1 aromatic carbocycles. The highest BCUT2D eigenvalue weighted by molar-refractivity contribution is 7.89. The molecule has 1 amide bonds. The van der Waals surface area contributed by atoms with Crippen LogP contribution in [0.25, 0.3) is 0 Å². The van der Waals surface area contributed by atoms with Gasteiger partial charge in [-0.05, 0) is 31.0 Å². The first-order chi connectivity index (χ1) is 11.5. The van der Waals surface area contributed by atoms with E-state index in [1.165, 1.54) is 29.6 Å². The van der Waals surface area contributed by atoms with Crippen molar-refractivity contribution in [1.82, 2.24) is 9.62 Å². The third kappa shape index (κ3) is 4.08. The number of methoxy groups -OCH3 is 1. The number of sulfonamides is 1. The monoisotopic (exact) mass is 350 g/mol. The number of carbonyl (C=O) groups is 1. The molecule has 1 aliphatic rings. The van der Waals surface area contributed by atoms with Crippen molar-refractivity contribution in [2.75, 3.05) is 26.7 Å². The van der Waals surface area contributed by atoms with Crippen molar-refractivity contribution in [1.29, 1.82) is 0 Å². The van der Waals surface area contributed by atoms with Gasteiger partial charge in [0, 0.05) is 13.1 Å². The molecule has 0 bridgehead atoms. The van der Waals surface area contributed by atoms with E-state index in [0.717, 1.165) is 25.7 Å². The van der Waals surface area contributed by atoms with Gasteiger partial charge in [0.1, 0.15) is 5.75 Å². The number of benzene rings is 1. The maximum Gasteiger partial charge on any atom is 0.255 e. The Morgan fingerprint density at radius 3 is 2.54 bits per heavy atom. The Hall–Kier alpha value is -2.04. The number of hydrogen-bond donors (Lipinski definition) is 1. The molecule has 0 atom stereocenters. The number of hydrogen-bond acceptors (Lipinski definition) is 4. The number of nitrogens with one attached hydrogen (secondary N) is 1. The molecule has 6 nitrogen and oxygen atoms in total. The average Bonchev–Trinajstić information content (AvgIpc) is 2.89. The lowest BCUT2D eigenvalue weighted by Gasteiger charge is -2.20. The van der Waals surface area contributed by atoms with Crippen molar-refractivity contribution < 1.29 is 17.9 Å². The summed E-state index contributed by atoms with van der Waals surface area (Å²) >= 11 is 0. The van der Waals surface area contributed by atoms with E-state index in [1.54, 1.807) is 0 Å². The predicted molar refractivity (Wildman–Crippen MR) is 91.4 cm³/mol. The first-order valence-corrected chi connectivity index (χ1v) is 9.34. The fourth-order valence-corrected chi connectivity index (χ4v) is 4.23. The van der Waals surface area contributed by atoms with Gasteiger partial charge in [-0.2, -0.15) is 4.31 Å². The van der Waals surface area contributed by atoms with Crippen molar-refractivity contribution in [3.63, 3.8) is 0 Å². The third-order valence-corrected chi connectivity index (χ3v) is 5.86. The number of nitrogens with zero attached hydrogens (tertiary/aromatic N) is 1. The Morgan fingerprint density at radius 2 is 1.96 bits per heavy atom. The average molecular weight is 350 g/mol. The summed E-state index contributed by atoms with van der Waals surface area (Å²) in [6.45, 7) is 1.07.